The maximum absolute atomic E-state index is 13.0. The Bertz CT molecular complexity index is 1000. The van der Waals surface area contributed by atoms with Crippen LogP contribution in [0.3, 0.4) is 0 Å². The topological polar surface area (TPSA) is 65.4 Å². The SMILES string of the molecule is Cc1c(C#N)c(-c2ccc(C#N)cc2)c(C)n1Cc1ccc(F)nc1. The molecule has 5 heteroatoms. The van der Waals surface area contributed by atoms with Crippen molar-refractivity contribution in [2.75, 3.05) is 0 Å². The second-order valence-corrected chi connectivity index (χ2v) is 5.80. The van der Waals surface area contributed by atoms with E-state index in [1.807, 2.05) is 30.5 Å². The summed E-state index contributed by atoms with van der Waals surface area (Å²) in [5, 5.41) is 18.6. The van der Waals surface area contributed by atoms with Gasteiger partial charge in [0.2, 0.25) is 5.95 Å². The Kier molecular flexibility index (Phi) is 4.33. The molecule has 0 saturated heterocycles. The van der Waals surface area contributed by atoms with Crippen LogP contribution in [-0.4, -0.2) is 9.55 Å². The first kappa shape index (κ1) is 16.4. The molecule has 0 bridgehead atoms. The smallest absolute Gasteiger partial charge is 0.212 e. The number of aromatic nitrogens is 2. The van der Waals surface area contributed by atoms with Gasteiger partial charge in [0.25, 0.3) is 0 Å². The first-order valence-corrected chi connectivity index (χ1v) is 7.76. The van der Waals surface area contributed by atoms with Gasteiger partial charge in [-0.2, -0.15) is 14.9 Å². The van der Waals surface area contributed by atoms with Gasteiger partial charge < -0.3 is 4.57 Å². The summed E-state index contributed by atoms with van der Waals surface area (Å²) >= 11 is 0. The highest BCUT2D eigenvalue weighted by atomic mass is 19.1. The van der Waals surface area contributed by atoms with E-state index in [0.717, 1.165) is 28.1 Å². The standard InChI is InChI=1S/C20H15FN4/c1-13-18(10-23)20(17-6-3-15(9-22)4-7-17)14(2)25(13)12-16-5-8-19(21)24-11-16/h3-8,11H,12H2,1-2H3. The average molecular weight is 330 g/mol. The summed E-state index contributed by atoms with van der Waals surface area (Å²) in [5.74, 6) is -0.513. The second kappa shape index (κ2) is 6.59. The van der Waals surface area contributed by atoms with E-state index in [0.29, 0.717) is 17.7 Å². The predicted molar refractivity (Wildman–Crippen MR) is 92.1 cm³/mol. The van der Waals surface area contributed by atoms with E-state index in [1.54, 1.807) is 18.2 Å². The molecule has 0 unspecified atom stereocenters. The van der Waals surface area contributed by atoms with Gasteiger partial charge >= 0.3 is 0 Å². The summed E-state index contributed by atoms with van der Waals surface area (Å²) < 4.78 is 15.0. The van der Waals surface area contributed by atoms with Crippen LogP contribution < -0.4 is 0 Å². The van der Waals surface area contributed by atoms with Crippen LogP contribution in [0.25, 0.3) is 11.1 Å². The zero-order valence-corrected chi connectivity index (χ0v) is 13.9. The Balaban J connectivity index is 2.09. The summed E-state index contributed by atoms with van der Waals surface area (Å²) in [7, 11) is 0. The first-order valence-electron chi connectivity index (χ1n) is 7.76. The summed E-state index contributed by atoms with van der Waals surface area (Å²) in [6, 6.07) is 14.6. The molecular formula is C20H15FN4. The largest absolute Gasteiger partial charge is 0.343 e. The minimum absolute atomic E-state index is 0.510. The Morgan fingerprint density at radius 2 is 1.72 bits per heavy atom. The van der Waals surface area contributed by atoms with Crippen LogP contribution in [0.15, 0.2) is 42.6 Å². The van der Waals surface area contributed by atoms with Crippen LogP contribution in [0, 0.1) is 42.5 Å². The van der Waals surface area contributed by atoms with Gasteiger partial charge in [-0.05, 0) is 43.2 Å². The maximum Gasteiger partial charge on any atom is 0.212 e. The van der Waals surface area contributed by atoms with Crippen molar-refractivity contribution < 1.29 is 4.39 Å². The molecule has 3 aromatic rings. The van der Waals surface area contributed by atoms with E-state index >= 15 is 0 Å². The normalized spacial score (nSPS) is 10.3. The fourth-order valence-electron chi connectivity index (χ4n) is 3.00. The minimum atomic E-state index is -0.513. The fourth-order valence-corrected chi connectivity index (χ4v) is 3.00. The molecule has 122 valence electrons. The lowest BCUT2D eigenvalue weighted by Gasteiger charge is -2.10. The fraction of sp³-hybridized carbons (Fsp3) is 0.150. The van der Waals surface area contributed by atoms with E-state index in [9.17, 15) is 9.65 Å². The summed E-state index contributed by atoms with van der Waals surface area (Å²) in [5.41, 5.74) is 5.60. The van der Waals surface area contributed by atoms with Crippen molar-refractivity contribution in [1.29, 1.82) is 10.5 Å². The highest BCUT2D eigenvalue weighted by Gasteiger charge is 2.19. The molecule has 0 N–H and O–H groups in total. The molecule has 0 fully saturated rings. The third kappa shape index (κ3) is 3.00. The third-order valence-corrected chi connectivity index (χ3v) is 4.33. The molecule has 0 radical (unpaired) electrons. The Labute approximate surface area is 145 Å². The zero-order valence-electron chi connectivity index (χ0n) is 13.9. The summed E-state index contributed by atoms with van der Waals surface area (Å²) in [6.45, 7) is 4.36. The van der Waals surface area contributed by atoms with Gasteiger partial charge in [0, 0.05) is 29.7 Å². The molecular weight excluding hydrogens is 315 g/mol. The van der Waals surface area contributed by atoms with Gasteiger partial charge in [-0.1, -0.05) is 18.2 Å². The van der Waals surface area contributed by atoms with Gasteiger partial charge in [-0.25, -0.2) is 4.98 Å². The number of halogens is 1. The van der Waals surface area contributed by atoms with Gasteiger partial charge in [0.15, 0.2) is 0 Å². The van der Waals surface area contributed by atoms with Crippen LogP contribution in [0.1, 0.15) is 28.1 Å². The number of hydrogen-bond acceptors (Lipinski definition) is 3. The first-order chi connectivity index (χ1) is 12.0. The number of nitrogens with zero attached hydrogens (tertiary/aromatic N) is 4. The van der Waals surface area contributed by atoms with Crippen molar-refractivity contribution in [2.45, 2.75) is 20.4 Å². The van der Waals surface area contributed by atoms with Crippen molar-refractivity contribution in [3.8, 4) is 23.3 Å². The lowest BCUT2D eigenvalue weighted by molar-refractivity contribution is 0.581. The lowest BCUT2D eigenvalue weighted by Crippen LogP contribution is -2.04. The number of hydrogen-bond donors (Lipinski definition) is 0. The predicted octanol–water partition coefficient (Wildman–Crippen LogP) is 4.10. The monoisotopic (exact) mass is 330 g/mol. The number of nitriles is 2. The van der Waals surface area contributed by atoms with Crippen molar-refractivity contribution in [1.82, 2.24) is 9.55 Å². The Hall–Kier alpha value is -3.44. The second-order valence-electron chi connectivity index (χ2n) is 5.80. The van der Waals surface area contributed by atoms with E-state index < -0.39 is 5.95 Å². The Morgan fingerprint density at radius 3 is 2.28 bits per heavy atom. The molecule has 0 atom stereocenters. The van der Waals surface area contributed by atoms with E-state index in [4.69, 9.17) is 5.26 Å². The average Bonchev–Trinajstić information content (AvgIpc) is 2.87. The number of rotatable bonds is 3. The summed E-state index contributed by atoms with van der Waals surface area (Å²) in [4.78, 5) is 3.69. The van der Waals surface area contributed by atoms with E-state index in [1.165, 1.54) is 12.3 Å². The molecule has 0 saturated carbocycles. The zero-order chi connectivity index (χ0) is 18.0. The van der Waals surface area contributed by atoms with Gasteiger partial charge in [0.1, 0.15) is 6.07 Å². The highest BCUT2D eigenvalue weighted by Crippen LogP contribution is 2.32. The van der Waals surface area contributed by atoms with Crippen molar-refractivity contribution in [2.24, 2.45) is 0 Å². The minimum Gasteiger partial charge on any atom is -0.343 e. The quantitative estimate of drug-likeness (QED) is 0.679. The summed E-state index contributed by atoms with van der Waals surface area (Å²) in [6.07, 6.45) is 1.50. The van der Waals surface area contributed by atoms with Crippen LogP contribution in [-0.2, 0) is 6.54 Å². The third-order valence-electron chi connectivity index (χ3n) is 4.33. The van der Waals surface area contributed by atoms with Gasteiger partial charge in [-0.15, -0.1) is 0 Å². The van der Waals surface area contributed by atoms with Crippen LogP contribution in [0.4, 0.5) is 4.39 Å². The van der Waals surface area contributed by atoms with Crippen molar-refractivity contribution in [3.63, 3.8) is 0 Å². The molecule has 0 aliphatic heterocycles. The Morgan fingerprint density at radius 1 is 1.00 bits per heavy atom. The molecule has 0 aliphatic carbocycles. The van der Waals surface area contributed by atoms with Crippen LogP contribution >= 0.6 is 0 Å². The highest BCUT2D eigenvalue weighted by molar-refractivity contribution is 5.75. The van der Waals surface area contributed by atoms with E-state index in [2.05, 4.69) is 17.1 Å². The molecule has 2 heterocycles. The molecule has 25 heavy (non-hydrogen) atoms. The molecule has 0 amide bonds. The maximum atomic E-state index is 13.0. The van der Waals surface area contributed by atoms with Crippen LogP contribution in [0.5, 0.6) is 0 Å². The number of pyridine rings is 1. The van der Waals surface area contributed by atoms with E-state index in [-0.39, 0.29) is 0 Å². The van der Waals surface area contributed by atoms with Crippen molar-refractivity contribution >= 4 is 0 Å². The van der Waals surface area contributed by atoms with Crippen LogP contribution in [0.2, 0.25) is 0 Å². The number of benzene rings is 1. The molecule has 4 nitrogen and oxygen atoms in total. The molecule has 0 aliphatic rings. The molecule has 2 aromatic heterocycles. The van der Waals surface area contributed by atoms with Gasteiger partial charge in [-0.3, -0.25) is 0 Å². The molecule has 3 rings (SSSR count). The molecule has 0 spiro atoms. The van der Waals surface area contributed by atoms with Gasteiger partial charge in [0.05, 0.1) is 17.2 Å². The lowest BCUT2D eigenvalue weighted by atomic mass is 10.0. The molecule has 1 aromatic carbocycles. The van der Waals surface area contributed by atoms with Crippen molar-refractivity contribution in [3.05, 3.63) is 76.6 Å².